The summed E-state index contributed by atoms with van der Waals surface area (Å²) in [5, 5.41) is 5.04. The molecule has 2 aliphatic heterocycles. The number of pyridine rings is 2. The third-order valence-electron chi connectivity index (χ3n) is 6.24. The lowest BCUT2D eigenvalue weighted by Gasteiger charge is -2.36. The van der Waals surface area contributed by atoms with Crippen LogP contribution in [0, 0.1) is 17.7 Å². The molecule has 1 unspecified atom stereocenters. The second-order valence-corrected chi connectivity index (χ2v) is 8.49. The van der Waals surface area contributed by atoms with E-state index in [0.29, 0.717) is 44.0 Å². The summed E-state index contributed by atoms with van der Waals surface area (Å²) in [5.74, 6) is -1.70. The smallest absolute Gasteiger partial charge is 0.269 e. The Kier molecular flexibility index (Phi) is 5.57. The number of aromatic nitrogens is 2. The number of amides is 2. The lowest BCUT2D eigenvalue weighted by atomic mass is 10.1. The Morgan fingerprint density at radius 1 is 1.24 bits per heavy atom. The number of anilines is 2. The number of rotatable bonds is 5. The van der Waals surface area contributed by atoms with Gasteiger partial charge in [0.1, 0.15) is 11.4 Å². The first-order valence-electron chi connectivity index (χ1n) is 11.0. The molecule has 174 valence electrons. The molecule has 4 heterocycles. The SMILES string of the molecule is CNC(=O)c1ccc(N2CCN(Cc3cnc4c(c3F)NC(=O)C(C3CC3)O4)CC2)c(F)n1. The third-order valence-corrected chi connectivity index (χ3v) is 6.24. The van der Waals surface area contributed by atoms with Gasteiger partial charge < -0.3 is 20.3 Å². The Labute approximate surface area is 189 Å². The number of carbonyl (C=O) groups excluding carboxylic acids is 2. The Morgan fingerprint density at radius 2 is 2.00 bits per heavy atom. The van der Waals surface area contributed by atoms with Gasteiger partial charge in [-0.3, -0.25) is 14.5 Å². The van der Waals surface area contributed by atoms with Crippen LogP contribution in [0.4, 0.5) is 20.2 Å². The van der Waals surface area contributed by atoms with Gasteiger partial charge in [0.05, 0.1) is 5.69 Å². The number of piperazine rings is 1. The molecule has 1 atom stereocenters. The summed E-state index contributed by atoms with van der Waals surface area (Å²) in [6, 6.07) is 3.04. The van der Waals surface area contributed by atoms with Gasteiger partial charge in [0.2, 0.25) is 11.8 Å². The van der Waals surface area contributed by atoms with E-state index in [4.69, 9.17) is 4.74 Å². The first-order valence-corrected chi connectivity index (χ1v) is 11.0. The molecule has 2 N–H and O–H groups in total. The number of halogens is 2. The van der Waals surface area contributed by atoms with Gasteiger partial charge in [-0.1, -0.05) is 0 Å². The minimum atomic E-state index is -0.699. The molecule has 2 amide bonds. The van der Waals surface area contributed by atoms with E-state index in [1.54, 1.807) is 6.07 Å². The van der Waals surface area contributed by atoms with Crippen LogP contribution in [0.2, 0.25) is 0 Å². The van der Waals surface area contributed by atoms with Crippen molar-refractivity contribution in [3.05, 3.63) is 41.4 Å². The van der Waals surface area contributed by atoms with Gasteiger partial charge in [-0.15, -0.1) is 0 Å². The molecule has 3 aliphatic rings. The lowest BCUT2D eigenvalue weighted by molar-refractivity contribution is -0.124. The molecular weight excluding hydrogens is 434 g/mol. The number of nitrogens with one attached hydrogen (secondary N) is 2. The minimum Gasteiger partial charge on any atom is -0.462 e. The molecule has 1 saturated heterocycles. The highest BCUT2D eigenvalue weighted by molar-refractivity contribution is 5.98. The Balaban J connectivity index is 1.23. The van der Waals surface area contributed by atoms with E-state index in [-0.39, 0.29) is 29.1 Å². The van der Waals surface area contributed by atoms with Crippen molar-refractivity contribution >= 4 is 23.2 Å². The van der Waals surface area contributed by atoms with Crippen molar-refractivity contribution in [2.45, 2.75) is 25.5 Å². The van der Waals surface area contributed by atoms with Gasteiger partial charge in [-0.25, -0.2) is 14.4 Å². The third kappa shape index (κ3) is 4.20. The van der Waals surface area contributed by atoms with Crippen molar-refractivity contribution in [1.29, 1.82) is 0 Å². The van der Waals surface area contributed by atoms with Crippen molar-refractivity contribution in [3.8, 4) is 5.88 Å². The van der Waals surface area contributed by atoms with E-state index in [1.165, 1.54) is 19.3 Å². The molecule has 1 aliphatic carbocycles. The van der Waals surface area contributed by atoms with Crippen LogP contribution in [0.1, 0.15) is 28.9 Å². The zero-order valence-corrected chi connectivity index (χ0v) is 18.1. The summed E-state index contributed by atoms with van der Waals surface area (Å²) in [6.07, 6.45) is 2.71. The van der Waals surface area contributed by atoms with Crippen LogP contribution in [0.3, 0.4) is 0 Å². The summed E-state index contributed by atoms with van der Waals surface area (Å²) in [7, 11) is 1.46. The first kappa shape index (κ1) is 21.5. The van der Waals surface area contributed by atoms with Gasteiger partial charge in [0.25, 0.3) is 11.8 Å². The van der Waals surface area contributed by atoms with Crippen LogP contribution in [0.5, 0.6) is 5.88 Å². The molecule has 0 bridgehead atoms. The summed E-state index contributed by atoms with van der Waals surface area (Å²) in [5.41, 5.74) is 0.706. The molecule has 2 aromatic heterocycles. The van der Waals surface area contributed by atoms with E-state index in [1.807, 2.05) is 9.80 Å². The minimum absolute atomic E-state index is 0.00242. The maximum absolute atomic E-state index is 15.1. The average molecular weight is 458 g/mol. The number of ether oxygens (including phenoxy) is 1. The molecular formula is C22H24F2N6O3. The highest BCUT2D eigenvalue weighted by Gasteiger charge is 2.42. The number of carbonyl (C=O) groups is 2. The summed E-state index contributed by atoms with van der Waals surface area (Å²) < 4.78 is 35.2. The predicted octanol–water partition coefficient (Wildman–Crippen LogP) is 1.55. The highest BCUT2D eigenvalue weighted by atomic mass is 19.1. The van der Waals surface area contributed by atoms with Gasteiger partial charge >= 0.3 is 0 Å². The summed E-state index contributed by atoms with van der Waals surface area (Å²) >= 11 is 0. The number of nitrogens with zero attached hydrogens (tertiary/aromatic N) is 4. The average Bonchev–Trinajstić information content (AvgIpc) is 3.66. The predicted molar refractivity (Wildman–Crippen MR) is 115 cm³/mol. The molecule has 5 rings (SSSR count). The van der Waals surface area contributed by atoms with Crippen LogP contribution >= 0.6 is 0 Å². The van der Waals surface area contributed by atoms with E-state index in [9.17, 15) is 14.0 Å². The second kappa shape index (κ2) is 8.54. The van der Waals surface area contributed by atoms with Crippen LogP contribution in [-0.2, 0) is 11.3 Å². The molecule has 9 nitrogen and oxygen atoms in total. The summed E-state index contributed by atoms with van der Waals surface area (Å²) in [6.45, 7) is 2.47. The van der Waals surface area contributed by atoms with Gasteiger partial charge in [0.15, 0.2) is 11.9 Å². The fraction of sp³-hybridized carbons (Fsp3) is 0.455. The van der Waals surface area contributed by atoms with Gasteiger partial charge in [0, 0.05) is 57.4 Å². The topological polar surface area (TPSA) is 99.7 Å². The maximum Gasteiger partial charge on any atom is 0.269 e. The summed E-state index contributed by atoms with van der Waals surface area (Å²) in [4.78, 5) is 35.8. The normalized spacial score (nSPS) is 20.6. The Bertz CT molecular complexity index is 1100. The van der Waals surface area contributed by atoms with Crippen LogP contribution in [-0.4, -0.2) is 66.0 Å². The van der Waals surface area contributed by atoms with E-state index >= 15 is 4.39 Å². The Hall–Kier alpha value is -3.34. The van der Waals surface area contributed by atoms with Crippen molar-refractivity contribution in [2.24, 2.45) is 5.92 Å². The molecule has 0 spiro atoms. The lowest BCUT2D eigenvalue weighted by Crippen LogP contribution is -2.46. The van der Waals surface area contributed by atoms with Crippen molar-refractivity contribution in [2.75, 3.05) is 43.4 Å². The fourth-order valence-electron chi connectivity index (χ4n) is 4.20. The first-order chi connectivity index (χ1) is 15.9. The monoisotopic (exact) mass is 458 g/mol. The molecule has 11 heteroatoms. The van der Waals surface area contributed by atoms with Crippen LogP contribution in [0.25, 0.3) is 0 Å². The van der Waals surface area contributed by atoms with Crippen LogP contribution in [0.15, 0.2) is 18.3 Å². The van der Waals surface area contributed by atoms with Gasteiger partial charge in [-0.2, -0.15) is 4.39 Å². The van der Waals surface area contributed by atoms with Gasteiger partial charge in [-0.05, 0) is 25.0 Å². The number of fused-ring (bicyclic) bond motifs is 1. The zero-order chi connectivity index (χ0) is 23.1. The maximum atomic E-state index is 15.1. The molecule has 33 heavy (non-hydrogen) atoms. The van der Waals surface area contributed by atoms with E-state index < -0.39 is 23.8 Å². The quantitative estimate of drug-likeness (QED) is 0.656. The molecule has 0 aromatic carbocycles. The van der Waals surface area contributed by atoms with Crippen LogP contribution < -0.4 is 20.3 Å². The van der Waals surface area contributed by atoms with E-state index in [2.05, 4.69) is 20.6 Å². The molecule has 0 radical (unpaired) electrons. The largest absolute Gasteiger partial charge is 0.462 e. The molecule has 1 saturated carbocycles. The number of hydrogen-bond donors (Lipinski definition) is 2. The molecule has 2 fully saturated rings. The zero-order valence-electron chi connectivity index (χ0n) is 18.1. The standard InChI is InChI=1S/C22H24F2N6O3/c1-25-20(31)14-4-5-15(19(24)27-14)30-8-6-29(7-9-30)11-13-10-26-22-17(16(13)23)28-21(32)18(33-22)12-2-3-12/h4-5,10,12,18H,2-3,6-9,11H2,1H3,(H,25,31)(H,28,32). The molecule has 2 aromatic rings. The van der Waals surface area contributed by atoms with Crippen molar-refractivity contribution in [3.63, 3.8) is 0 Å². The van der Waals surface area contributed by atoms with Crippen molar-refractivity contribution < 1.29 is 23.1 Å². The number of hydrogen-bond acceptors (Lipinski definition) is 7. The van der Waals surface area contributed by atoms with Crippen molar-refractivity contribution in [1.82, 2.24) is 20.2 Å². The highest BCUT2D eigenvalue weighted by Crippen LogP contribution is 2.40. The van der Waals surface area contributed by atoms with E-state index in [0.717, 1.165) is 12.8 Å². The fourth-order valence-corrected chi connectivity index (χ4v) is 4.20. The second-order valence-electron chi connectivity index (χ2n) is 8.49. The Morgan fingerprint density at radius 3 is 2.67 bits per heavy atom.